The van der Waals surface area contributed by atoms with Gasteiger partial charge < -0.3 is 114 Å². The molecular weight excluding hydrogens is 2640 g/mol. The van der Waals surface area contributed by atoms with Crippen molar-refractivity contribution >= 4 is 34.4 Å². The van der Waals surface area contributed by atoms with E-state index in [2.05, 4.69) is 85.5 Å². The maximum atomic E-state index is 13.9. The summed E-state index contributed by atoms with van der Waals surface area (Å²) in [5.41, 5.74) is 9.45. The monoisotopic (exact) mass is 2740 g/mol. The zero-order chi connectivity index (χ0) is 97.9. The first-order valence-corrected chi connectivity index (χ1v) is 38.3. The van der Waals surface area contributed by atoms with Gasteiger partial charge in [0.15, 0.2) is 0 Å². The number of nitrogens with one attached hydrogen (secondary N) is 1. The fraction of sp³-hybridized carbons (Fsp3) is 0.150. The molecule has 0 unspecified atom stereocenters. The van der Waals surface area contributed by atoms with Crippen molar-refractivity contribution < 1.29 is 140 Å². The molecule has 136 heavy (non-hydrogen) atoms. The van der Waals surface area contributed by atoms with Crippen LogP contribution in [0.5, 0.6) is 5.75 Å². The molecule has 0 saturated heterocycles. The van der Waals surface area contributed by atoms with Gasteiger partial charge in [-0.2, -0.15) is 0 Å². The van der Waals surface area contributed by atoms with Crippen molar-refractivity contribution in [1.29, 1.82) is 26.3 Å². The van der Waals surface area contributed by atoms with E-state index in [0.29, 0.717) is 52.1 Å². The summed E-state index contributed by atoms with van der Waals surface area (Å²) < 4.78 is 111. The van der Waals surface area contributed by atoms with Crippen LogP contribution in [0, 0.1) is 136 Å². The molecule has 0 amide bonds. The number of halogens is 8. The van der Waals surface area contributed by atoms with Crippen LogP contribution in [0.2, 0.25) is 0 Å². The summed E-state index contributed by atoms with van der Waals surface area (Å²) in [7, 11) is 26.3. The second-order valence-corrected chi connectivity index (χ2v) is 26.3. The quantitative estimate of drug-likeness (QED) is 0.0781. The Morgan fingerprint density at radius 3 is 0.949 bits per heavy atom. The number of pyridine rings is 10. The molecule has 15 aromatic rings. The molecule has 0 aliphatic rings. The van der Waals surface area contributed by atoms with Crippen molar-refractivity contribution in [2.75, 3.05) is 128 Å². The molecule has 0 saturated carbocycles. The molecule has 1 N–H and O–H groups in total. The summed E-state index contributed by atoms with van der Waals surface area (Å²) in [5, 5.41) is 34.2. The average molecular weight is 2730 g/mol. The van der Waals surface area contributed by atoms with E-state index in [1.54, 1.807) is 112 Å². The van der Waals surface area contributed by atoms with Gasteiger partial charge in [-0.05, 0) is 120 Å². The number of hydrogen-bond acceptors (Lipinski definition) is 23. The normalized spacial score (nSPS) is 8.79. The third-order valence-electron chi connectivity index (χ3n) is 15.8. The largest absolute Gasteiger partial charge is 0.516 e. The molecule has 0 bridgehead atoms. The third kappa shape index (κ3) is 53.3. The Morgan fingerprint density at radius 1 is 0.316 bits per heavy atom. The van der Waals surface area contributed by atoms with Crippen LogP contribution in [0.15, 0.2) is 299 Å². The average Bonchev–Trinajstić information content (AvgIpc) is 0.832. The van der Waals surface area contributed by atoms with Gasteiger partial charge in [-0.3, -0.25) is 52.4 Å². The van der Waals surface area contributed by atoms with Gasteiger partial charge in [0.25, 0.3) is 0 Å². The van der Waals surface area contributed by atoms with Crippen LogP contribution < -0.4 is 39.5 Å². The second kappa shape index (κ2) is 78.8. The van der Waals surface area contributed by atoms with Gasteiger partial charge in [0.05, 0.1) is 7.11 Å². The number of ether oxygens (including phenoxy) is 1. The second-order valence-electron chi connectivity index (χ2n) is 26.3. The summed E-state index contributed by atoms with van der Waals surface area (Å²) in [6.45, 7) is 24.4. The minimum absolute atomic E-state index is 0. The Morgan fingerprint density at radius 2 is 0.632 bits per heavy atom. The van der Waals surface area contributed by atoms with Crippen molar-refractivity contribution in [3.8, 4) is 62.0 Å². The molecular formula is C100H94F8Ir5N22O-10. The number of rotatable bonds is 14. The third-order valence-corrected chi connectivity index (χ3v) is 15.8. The maximum Gasteiger partial charge on any atom is 0.120 e. The number of benzene rings is 5. The Kier molecular flexibility index (Phi) is 75.7. The van der Waals surface area contributed by atoms with Crippen molar-refractivity contribution in [3.63, 3.8) is 0 Å². The van der Waals surface area contributed by atoms with Gasteiger partial charge in [-0.15, -0.1) is 89.5 Å². The fourth-order valence-corrected chi connectivity index (χ4v) is 9.70. The Hall–Kier alpha value is -13.7. The van der Waals surface area contributed by atoms with E-state index < -0.39 is 46.5 Å². The molecule has 36 heteroatoms. The molecule has 721 valence electrons. The number of hydrogen-bond donors (Lipinski definition) is 1. The van der Waals surface area contributed by atoms with Crippen molar-refractivity contribution in [2.45, 2.75) is 6.54 Å². The minimum Gasteiger partial charge on any atom is -0.516 e. The summed E-state index contributed by atoms with van der Waals surface area (Å²) in [5.74, 6) is -3.12. The SMILES string of the molecule is CN(C)c1cc(-c2[c-]c(F)cc(F)c2)nc(N(C)C)c1.CN(C)c1cc(-c2[c-]cc(F)cc2F)nc(N(C)C)c1.CN(C)c1ccnc(-c2[c-]cc(F)cc2F)c1.CNCc1ccnc(-c2[c-]c(F)cc(F)c2)c1.COc1cc[c-]c(-c2cc(N(C)C)ccn2)c1.[C-]#N.[C-]#N.[C-]#N.[C-]#N.[C-]#N.[Ir].[Ir].[Ir].[Ir].[Ir].c1ccncc1.c1ccncc1.c1ccncc1.c1ccncc1.c1ccncc1. The van der Waals surface area contributed by atoms with Gasteiger partial charge in [0, 0.05) is 359 Å². The van der Waals surface area contributed by atoms with E-state index >= 15 is 0 Å². The first-order chi connectivity index (χ1) is 63.2. The number of anilines is 6. The van der Waals surface area contributed by atoms with E-state index in [1.807, 2.05) is 267 Å². The Labute approximate surface area is 860 Å². The summed E-state index contributed by atoms with van der Waals surface area (Å²) in [4.78, 5) is 51.6. The molecule has 5 aromatic carbocycles. The van der Waals surface area contributed by atoms with Crippen LogP contribution in [-0.2, 0) is 107 Å². The van der Waals surface area contributed by atoms with Gasteiger partial charge in [-0.25, -0.2) is 17.6 Å². The van der Waals surface area contributed by atoms with Crippen LogP contribution in [0.3, 0.4) is 0 Å². The minimum atomic E-state index is -0.733. The van der Waals surface area contributed by atoms with Gasteiger partial charge in [-0.1, -0.05) is 96.1 Å². The van der Waals surface area contributed by atoms with Gasteiger partial charge >= 0.3 is 0 Å². The standard InChI is InChI=1S/2C15H16F2N3.C14H15N2O.2C13H11F2N2.5C5H5N.5CN.5Ir/c1-19(2)13-8-14(18-15(9-13)20(3)4)10-5-11(16)7-12(17)6-10;1-19(2)11-8-14(18-15(9-11)20(3)4)12-6-5-10(16)7-13(12)17;1-16(2)12-7-8-15-14(10-12)11-5-4-6-13(9-11)17-3;1-17(2)10-5-6-16-13(8-10)11-4-3-9(14)7-12(11)15;1-16-8-9-2-3-17-13(4-9)10-5-11(14)7-12(15)6-10;5*1-2-4-6-5-3-1;5*1-2;;;;;/h2*5,7-9H,1-4H3;4,6-10H,1-3H3;3,5-8H,1-2H3;2-5,7,16H,8H2,1H3;5*1-5H;;;;;;;;;;/q5*-1;;;;;;5*-1;;;;;. The molecule has 0 fully saturated rings. The van der Waals surface area contributed by atoms with Crippen LogP contribution in [0.1, 0.15) is 5.56 Å². The van der Waals surface area contributed by atoms with E-state index in [-0.39, 0.29) is 112 Å². The van der Waals surface area contributed by atoms with Gasteiger partial charge in [0.1, 0.15) is 11.6 Å². The Balaban J connectivity index is -0.000000473. The van der Waals surface area contributed by atoms with Crippen molar-refractivity contribution in [1.82, 2.24) is 55.2 Å². The van der Waals surface area contributed by atoms with Crippen molar-refractivity contribution in [2.24, 2.45) is 0 Å². The van der Waals surface area contributed by atoms with E-state index in [0.717, 1.165) is 81.7 Å². The predicted molar refractivity (Wildman–Crippen MR) is 494 cm³/mol. The van der Waals surface area contributed by atoms with Gasteiger partial charge in [0.2, 0.25) is 0 Å². The first kappa shape index (κ1) is 131. The number of aromatic nitrogens is 10. The van der Waals surface area contributed by atoms with E-state index in [9.17, 15) is 35.1 Å². The topological polar surface area (TPSA) is 289 Å². The first-order valence-electron chi connectivity index (χ1n) is 38.3. The molecule has 0 aliphatic carbocycles. The zero-order valence-electron chi connectivity index (χ0n) is 76.0. The fourth-order valence-electron chi connectivity index (χ4n) is 9.70. The molecule has 15 rings (SSSR count). The van der Waals surface area contributed by atoms with E-state index in [1.165, 1.54) is 12.1 Å². The smallest absolute Gasteiger partial charge is 0.120 e. The van der Waals surface area contributed by atoms with Crippen LogP contribution >= 0.6 is 0 Å². The van der Waals surface area contributed by atoms with Crippen LogP contribution in [0.25, 0.3) is 56.3 Å². The zero-order valence-corrected chi connectivity index (χ0v) is 88.0. The van der Waals surface area contributed by atoms with Crippen molar-refractivity contribution in [3.05, 3.63) is 414 Å². The summed E-state index contributed by atoms with van der Waals surface area (Å²) in [6, 6.07) is 73.9. The Bertz CT molecular complexity index is 5300. The number of nitrogens with zero attached hydrogens (tertiary/aromatic N) is 21. The molecule has 5 radical (unpaired) electrons. The molecule has 0 aliphatic heterocycles. The summed E-state index contributed by atoms with van der Waals surface area (Å²) >= 11 is 0. The van der Waals surface area contributed by atoms with E-state index in [4.69, 9.17) is 63.9 Å². The molecule has 23 nitrogen and oxygen atoms in total. The molecule has 0 atom stereocenters. The number of methoxy groups -OCH3 is 1. The van der Waals surface area contributed by atoms with Crippen LogP contribution in [-0.4, -0.2) is 149 Å². The molecule has 10 heterocycles. The molecule has 10 aromatic heterocycles. The molecule has 0 spiro atoms. The predicted octanol–water partition coefficient (Wildman–Crippen LogP) is 19.9. The summed E-state index contributed by atoms with van der Waals surface area (Å²) in [6.07, 6.45) is 22.5. The maximum absolute atomic E-state index is 13.9. The van der Waals surface area contributed by atoms with Crippen LogP contribution in [0.4, 0.5) is 69.5 Å².